The van der Waals surface area contributed by atoms with Gasteiger partial charge in [-0.1, -0.05) is 11.6 Å². The van der Waals surface area contributed by atoms with Crippen LogP contribution in [-0.4, -0.2) is 24.8 Å². The van der Waals surface area contributed by atoms with Crippen LogP contribution in [0.25, 0.3) is 0 Å². The second-order valence-corrected chi connectivity index (χ2v) is 6.09. The van der Waals surface area contributed by atoms with Gasteiger partial charge in [0.15, 0.2) is 0 Å². The molecule has 0 saturated carbocycles. The van der Waals surface area contributed by atoms with Crippen LogP contribution < -0.4 is 5.32 Å². The molecule has 0 amide bonds. The summed E-state index contributed by atoms with van der Waals surface area (Å²) in [6.07, 6.45) is 1.41. The average molecular weight is 260 g/mol. The number of nitrogens with one attached hydrogen (secondary N) is 1. The number of ether oxygens (including phenoxy) is 1. The van der Waals surface area contributed by atoms with Crippen LogP contribution in [0.15, 0.2) is 6.07 Å². The first-order valence-electron chi connectivity index (χ1n) is 5.54. The highest BCUT2D eigenvalue weighted by Crippen LogP contribution is 2.48. The van der Waals surface area contributed by atoms with Gasteiger partial charge >= 0.3 is 0 Å². The van der Waals surface area contributed by atoms with Gasteiger partial charge in [0.2, 0.25) is 0 Å². The Morgan fingerprint density at radius 1 is 1.50 bits per heavy atom. The van der Waals surface area contributed by atoms with Crippen molar-refractivity contribution in [3.05, 3.63) is 20.8 Å². The van der Waals surface area contributed by atoms with E-state index in [1.807, 2.05) is 6.07 Å². The number of aliphatic hydroxyl groups excluding tert-OH is 1. The van der Waals surface area contributed by atoms with Crippen LogP contribution in [0.2, 0.25) is 4.34 Å². The molecule has 0 bridgehead atoms. The van der Waals surface area contributed by atoms with Crippen LogP contribution >= 0.6 is 22.9 Å². The van der Waals surface area contributed by atoms with E-state index >= 15 is 0 Å². The molecule has 1 aromatic rings. The molecule has 1 atom stereocenters. The Balaban J connectivity index is 2.05. The maximum Gasteiger partial charge on any atom is 0.105 e. The van der Waals surface area contributed by atoms with Crippen molar-refractivity contribution in [3.63, 3.8) is 0 Å². The lowest BCUT2D eigenvalue weighted by atomic mass is 9.85. The van der Waals surface area contributed by atoms with Crippen molar-refractivity contribution in [2.45, 2.75) is 24.5 Å². The summed E-state index contributed by atoms with van der Waals surface area (Å²) in [7, 11) is 0. The van der Waals surface area contributed by atoms with E-state index in [0.717, 1.165) is 40.7 Å². The molecule has 2 N–H and O–H groups in total. The Kier molecular flexibility index (Phi) is 2.72. The Hall–Kier alpha value is -0.130. The second kappa shape index (κ2) is 3.96. The SMILES string of the molecule is OC1COC2(CCNCC2)c2sc(Cl)cc21. The van der Waals surface area contributed by atoms with Gasteiger partial charge in [0, 0.05) is 10.4 Å². The number of halogens is 1. The third kappa shape index (κ3) is 1.60. The summed E-state index contributed by atoms with van der Waals surface area (Å²) >= 11 is 7.61. The number of rotatable bonds is 0. The molecule has 2 aliphatic rings. The summed E-state index contributed by atoms with van der Waals surface area (Å²) in [5.41, 5.74) is 0.778. The maximum atomic E-state index is 9.90. The van der Waals surface area contributed by atoms with Crippen molar-refractivity contribution in [3.8, 4) is 0 Å². The highest BCUT2D eigenvalue weighted by Gasteiger charge is 2.43. The monoisotopic (exact) mass is 259 g/mol. The van der Waals surface area contributed by atoms with Gasteiger partial charge in [0.05, 0.1) is 10.9 Å². The lowest BCUT2D eigenvalue weighted by Gasteiger charge is -2.41. The molecule has 3 rings (SSSR count). The van der Waals surface area contributed by atoms with E-state index in [1.165, 1.54) is 0 Å². The summed E-state index contributed by atoms with van der Waals surface area (Å²) in [6, 6.07) is 1.89. The number of hydrogen-bond donors (Lipinski definition) is 2. The molecule has 3 nitrogen and oxygen atoms in total. The quantitative estimate of drug-likeness (QED) is 0.749. The number of piperidine rings is 1. The van der Waals surface area contributed by atoms with E-state index in [9.17, 15) is 5.11 Å². The van der Waals surface area contributed by atoms with E-state index in [-0.39, 0.29) is 5.60 Å². The number of thiophene rings is 1. The van der Waals surface area contributed by atoms with Crippen LogP contribution in [0.4, 0.5) is 0 Å². The van der Waals surface area contributed by atoms with Gasteiger partial charge in [-0.25, -0.2) is 0 Å². The van der Waals surface area contributed by atoms with E-state index < -0.39 is 6.10 Å². The number of fused-ring (bicyclic) bond motifs is 2. The predicted octanol–water partition coefficient (Wildman–Crippen LogP) is 2.04. The van der Waals surface area contributed by atoms with Gasteiger partial charge in [0.25, 0.3) is 0 Å². The van der Waals surface area contributed by atoms with E-state index in [4.69, 9.17) is 16.3 Å². The van der Waals surface area contributed by atoms with Crippen LogP contribution in [0.1, 0.15) is 29.4 Å². The fourth-order valence-electron chi connectivity index (χ4n) is 2.57. The molecular formula is C11H14ClNO2S. The van der Waals surface area contributed by atoms with Crippen LogP contribution in [0.5, 0.6) is 0 Å². The largest absolute Gasteiger partial charge is 0.386 e. The fraction of sp³-hybridized carbons (Fsp3) is 0.636. The lowest BCUT2D eigenvalue weighted by molar-refractivity contribution is -0.115. The zero-order valence-corrected chi connectivity index (χ0v) is 10.4. The van der Waals surface area contributed by atoms with Crippen molar-refractivity contribution in [2.24, 2.45) is 0 Å². The molecule has 1 unspecified atom stereocenters. The third-order valence-corrected chi connectivity index (χ3v) is 4.90. The Bertz CT molecular complexity index is 401. The van der Waals surface area contributed by atoms with E-state index in [1.54, 1.807) is 11.3 Å². The molecule has 2 aliphatic heterocycles. The first-order valence-corrected chi connectivity index (χ1v) is 6.73. The van der Waals surface area contributed by atoms with Crippen molar-refractivity contribution < 1.29 is 9.84 Å². The van der Waals surface area contributed by atoms with Gasteiger partial charge in [-0.3, -0.25) is 0 Å². The minimum atomic E-state index is -0.515. The highest BCUT2D eigenvalue weighted by atomic mass is 35.5. The van der Waals surface area contributed by atoms with Crippen molar-refractivity contribution >= 4 is 22.9 Å². The Morgan fingerprint density at radius 2 is 2.25 bits per heavy atom. The first-order chi connectivity index (χ1) is 7.71. The summed E-state index contributed by atoms with van der Waals surface area (Å²) in [6.45, 7) is 2.32. The molecule has 5 heteroatoms. The van der Waals surface area contributed by atoms with Gasteiger partial charge in [-0.05, 0) is 32.0 Å². The molecule has 1 saturated heterocycles. The zero-order valence-electron chi connectivity index (χ0n) is 8.83. The Labute approximate surface area is 103 Å². The van der Waals surface area contributed by atoms with E-state index in [2.05, 4.69) is 5.32 Å². The molecule has 88 valence electrons. The summed E-state index contributed by atoms with van der Waals surface area (Å²) in [4.78, 5) is 1.14. The number of aliphatic hydroxyl groups is 1. The molecule has 0 aliphatic carbocycles. The first kappa shape index (κ1) is 11.0. The molecule has 1 fully saturated rings. The minimum absolute atomic E-state index is 0.197. The van der Waals surface area contributed by atoms with Crippen LogP contribution in [0.3, 0.4) is 0 Å². The van der Waals surface area contributed by atoms with Crippen molar-refractivity contribution in [1.82, 2.24) is 5.32 Å². The van der Waals surface area contributed by atoms with Gasteiger partial charge < -0.3 is 15.2 Å². The molecule has 0 radical (unpaired) electrons. The van der Waals surface area contributed by atoms with Gasteiger partial charge in [-0.2, -0.15) is 0 Å². The highest BCUT2D eigenvalue weighted by molar-refractivity contribution is 7.16. The van der Waals surface area contributed by atoms with Crippen LogP contribution in [-0.2, 0) is 10.3 Å². The van der Waals surface area contributed by atoms with Crippen molar-refractivity contribution in [2.75, 3.05) is 19.7 Å². The third-order valence-electron chi connectivity index (χ3n) is 3.43. The smallest absolute Gasteiger partial charge is 0.105 e. The molecule has 1 aromatic heterocycles. The van der Waals surface area contributed by atoms with Gasteiger partial charge in [-0.15, -0.1) is 11.3 Å². The number of hydrogen-bond acceptors (Lipinski definition) is 4. The maximum absolute atomic E-state index is 9.90. The van der Waals surface area contributed by atoms with Crippen LogP contribution in [0, 0.1) is 0 Å². The summed E-state index contributed by atoms with van der Waals surface area (Å²) in [5.74, 6) is 0. The summed E-state index contributed by atoms with van der Waals surface area (Å²) < 4.78 is 6.66. The molecule has 0 aromatic carbocycles. The molecule has 16 heavy (non-hydrogen) atoms. The minimum Gasteiger partial charge on any atom is -0.386 e. The van der Waals surface area contributed by atoms with Crippen molar-refractivity contribution in [1.29, 1.82) is 0 Å². The van der Waals surface area contributed by atoms with Gasteiger partial charge in [0.1, 0.15) is 11.7 Å². The normalized spacial score (nSPS) is 28.0. The average Bonchev–Trinajstić information content (AvgIpc) is 2.69. The molecule has 1 spiro atoms. The topological polar surface area (TPSA) is 41.5 Å². The zero-order chi connectivity index (χ0) is 11.2. The Morgan fingerprint density at radius 3 is 3.00 bits per heavy atom. The standard InChI is InChI=1S/C11H14ClNO2S/c12-9-5-7-8(14)6-15-11(10(7)16-9)1-3-13-4-2-11/h5,8,13-14H,1-4,6H2. The second-order valence-electron chi connectivity index (χ2n) is 4.41. The van der Waals surface area contributed by atoms with E-state index in [0.29, 0.717) is 6.61 Å². The summed E-state index contributed by atoms with van der Waals surface area (Å²) in [5, 5.41) is 13.2. The lowest BCUT2D eigenvalue weighted by Crippen LogP contribution is -2.44. The predicted molar refractivity (Wildman–Crippen MR) is 64.0 cm³/mol. The molecule has 3 heterocycles. The molecular weight excluding hydrogens is 246 g/mol. The fourth-order valence-corrected chi connectivity index (χ4v) is 4.06.